The summed E-state index contributed by atoms with van der Waals surface area (Å²) in [7, 11) is 0. The molecule has 2 rings (SSSR count). The summed E-state index contributed by atoms with van der Waals surface area (Å²) >= 11 is 5.88. The van der Waals surface area contributed by atoms with E-state index in [0.29, 0.717) is 28.6 Å². The number of hydrogen-bond acceptors (Lipinski definition) is 4. The number of rotatable bonds is 3. The van der Waals surface area contributed by atoms with Crippen LogP contribution >= 0.6 is 11.6 Å². The van der Waals surface area contributed by atoms with Crippen molar-refractivity contribution in [3.05, 3.63) is 34.5 Å². The summed E-state index contributed by atoms with van der Waals surface area (Å²) in [5.74, 6) is 0.0374. The molecule has 1 aromatic carbocycles. The van der Waals surface area contributed by atoms with E-state index < -0.39 is 0 Å². The monoisotopic (exact) mass is 278 g/mol. The first kappa shape index (κ1) is 13.5. The Morgan fingerprint density at radius 1 is 1.32 bits per heavy atom. The lowest BCUT2D eigenvalue weighted by Gasteiger charge is -1.99. The summed E-state index contributed by atoms with van der Waals surface area (Å²) in [4.78, 5) is 0. The molecule has 19 heavy (non-hydrogen) atoms. The molecule has 2 aromatic rings. The number of halogens is 1. The average molecular weight is 279 g/mol. The smallest absolute Gasteiger partial charge is 0.238 e. The highest BCUT2D eigenvalue weighted by atomic mass is 35.5. The van der Waals surface area contributed by atoms with Crippen LogP contribution in [0.15, 0.2) is 28.4 Å². The maximum absolute atomic E-state index is 9.93. The molecule has 0 aliphatic heterocycles. The molecule has 1 heterocycles. The third-order valence-electron chi connectivity index (χ3n) is 2.79. The molecule has 6 heteroatoms. The lowest BCUT2D eigenvalue weighted by Crippen LogP contribution is -1.94. The normalized spacial score (nSPS) is 11.4. The van der Waals surface area contributed by atoms with Crippen molar-refractivity contribution in [3.8, 4) is 5.88 Å². The summed E-state index contributed by atoms with van der Waals surface area (Å²) in [6.45, 7) is 6.18. The van der Waals surface area contributed by atoms with Gasteiger partial charge in [-0.15, -0.1) is 5.11 Å². The summed E-state index contributed by atoms with van der Waals surface area (Å²) in [6.07, 6.45) is 0. The van der Waals surface area contributed by atoms with E-state index in [4.69, 9.17) is 11.6 Å². The molecule has 0 amide bonds. The van der Waals surface area contributed by atoms with Gasteiger partial charge >= 0.3 is 0 Å². The molecule has 100 valence electrons. The minimum atomic E-state index is 0.0374. The Hall–Kier alpha value is -1.88. The van der Waals surface area contributed by atoms with E-state index in [2.05, 4.69) is 15.3 Å². The number of hydrogen-bond donors (Lipinski definition) is 1. The first-order valence-corrected chi connectivity index (χ1v) is 6.35. The molecule has 0 bridgehead atoms. The summed E-state index contributed by atoms with van der Waals surface area (Å²) in [6, 6.07) is 5.36. The van der Waals surface area contributed by atoms with Gasteiger partial charge in [0.05, 0.1) is 11.4 Å². The molecule has 0 fully saturated rings. The largest absolute Gasteiger partial charge is 0.492 e. The second-order valence-corrected chi connectivity index (χ2v) is 4.64. The SMILES string of the molecule is CCn1nc(C)c(N=Nc2ccc(Cl)cc2C)c1O. The molecule has 5 nitrogen and oxygen atoms in total. The van der Waals surface area contributed by atoms with Crippen LogP contribution in [0.2, 0.25) is 5.02 Å². The van der Waals surface area contributed by atoms with Crippen molar-refractivity contribution < 1.29 is 5.11 Å². The lowest BCUT2D eigenvalue weighted by molar-refractivity contribution is 0.406. The molecule has 1 N–H and O–H groups in total. The van der Waals surface area contributed by atoms with Crippen LogP contribution in [0.25, 0.3) is 0 Å². The van der Waals surface area contributed by atoms with E-state index in [9.17, 15) is 5.11 Å². The van der Waals surface area contributed by atoms with Gasteiger partial charge < -0.3 is 5.11 Å². The van der Waals surface area contributed by atoms with Crippen LogP contribution in [-0.2, 0) is 6.54 Å². The van der Waals surface area contributed by atoms with Crippen LogP contribution in [0.1, 0.15) is 18.2 Å². The second kappa shape index (κ2) is 5.40. The van der Waals surface area contributed by atoms with Crippen LogP contribution in [0, 0.1) is 13.8 Å². The van der Waals surface area contributed by atoms with Crippen molar-refractivity contribution in [2.24, 2.45) is 10.2 Å². The Labute approximate surface area is 116 Å². The summed E-state index contributed by atoms with van der Waals surface area (Å²) in [5.41, 5.74) is 2.69. The van der Waals surface area contributed by atoms with Crippen LogP contribution in [-0.4, -0.2) is 14.9 Å². The number of aromatic nitrogens is 2. The van der Waals surface area contributed by atoms with Gasteiger partial charge in [-0.3, -0.25) is 0 Å². The molecule has 0 saturated heterocycles. The average Bonchev–Trinajstić information content (AvgIpc) is 2.64. The van der Waals surface area contributed by atoms with Crippen molar-refractivity contribution in [3.63, 3.8) is 0 Å². The van der Waals surface area contributed by atoms with Gasteiger partial charge in [0.1, 0.15) is 0 Å². The van der Waals surface area contributed by atoms with Crippen molar-refractivity contribution in [2.75, 3.05) is 0 Å². The molecule has 0 saturated carbocycles. The van der Waals surface area contributed by atoms with Gasteiger partial charge in [0, 0.05) is 11.6 Å². The fourth-order valence-electron chi connectivity index (χ4n) is 1.73. The van der Waals surface area contributed by atoms with E-state index in [-0.39, 0.29) is 5.88 Å². The van der Waals surface area contributed by atoms with E-state index in [1.54, 1.807) is 19.1 Å². The molecule has 0 aliphatic carbocycles. The molecule has 0 atom stereocenters. The minimum Gasteiger partial charge on any atom is -0.492 e. The Balaban J connectivity index is 2.35. The molecule has 1 aromatic heterocycles. The highest BCUT2D eigenvalue weighted by Gasteiger charge is 2.12. The van der Waals surface area contributed by atoms with Gasteiger partial charge in [-0.1, -0.05) is 11.6 Å². The molecule has 0 unspecified atom stereocenters. The fraction of sp³-hybridized carbons (Fsp3) is 0.308. The zero-order chi connectivity index (χ0) is 14.0. The van der Waals surface area contributed by atoms with E-state index in [0.717, 1.165) is 5.56 Å². The van der Waals surface area contributed by atoms with Crippen molar-refractivity contribution in [2.45, 2.75) is 27.3 Å². The number of azo groups is 1. The van der Waals surface area contributed by atoms with Gasteiger partial charge in [0.15, 0.2) is 5.69 Å². The highest BCUT2D eigenvalue weighted by molar-refractivity contribution is 6.30. The number of aromatic hydroxyl groups is 1. The summed E-state index contributed by atoms with van der Waals surface area (Å²) in [5, 5.41) is 23.0. The van der Waals surface area contributed by atoms with E-state index in [1.165, 1.54) is 4.68 Å². The quantitative estimate of drug-likeness (QED) is 0.851. The van der Waals surface area contributed by atoms with Gasteiger partial charge in [-0.2, -0.15) is 10.2 Å². The fourth-order valence-corrected chi connectivity index (χ4v) is 1.96. The van der Waals surface area contributed by atoms with Crippen LogP contribution in [0.3, 0.4) is 0 Å². The van der Waals surface area contributed by atoms with Crippen molar-refractivity contribution >= 4 is 23.0 Å². The van der Waals surface area contributed by atoms with Crippen LogP contribution in [0.5, 0.6) is 5.88 Å². The van der Waals surface area contributed by atoms with E-state index in [1.807, 2.05) is 19.9 Å². The Kier molecular flexibility index (Phi) is 3.85. The van der Waals surface area contributed by atoms with Crippen molar-refractivity contribution in [1.29, 1.82) is 0 Å². The van der Waals surface area contributed by atoms with Crippen LogP contribution < -0.4 is 0 Å². The number of aryl methyl sites for hydroxylation is 3. The third-order valence-corrected chi connectivity index (χ3v) is 3.02. The second-order valence-electron chi connectivity index (χ2n) is 4.20. The maximum atomic E-state index is 9.93. The highest BCUT2D eigenvalue weighted by Crippen LogP contribution is 2.32. The predicted molar refractivity (Wildman–Crippen MR) is 74.7 cm³/mol. The Morgan fingerprint density at radius 2 is 2.05 bits per heavy atom. The zero-order valence-corrected chi connectivity index (χ0v) is 11.8. The molecule has 0 spiro atoms. The number of nitrogens with zero attached hydrogens (tertiary/aromatic N) is 4. The molecular weight excluding hydrogens is 264 g/mol. The van der Waals surface area contributed by atoms with Crippen LogP contribution in [0.4, 0.5) is 11.4 Å². The minimum absolute atomic E-state index is 0.0374. The predicted octanol–water partition coefficient (Wildman–Crippen LogP) is 4.29. The first-order valence-electron chi connectivity index (χ1n) is 5.97. The van der Waals surface area contributed by atoms with Crippen molar-refractivity contribution in [1.82, 2.24) is 9.78 Å². The standard InChI is InChI=1S/C13H15ClN4O/c1-4-18-13(19)12(9(3)17-18)16-15-11-6-5-10(14)7-8(11)2/h5-7,19H,4H2,1-3H3. The van der Waals surface area contributed by atoms with Gasteiger partial charge in [0.2, 0.25) is 5.88 Å². The van der Waals surface area contributed by atoms with Gasteiger partial charge in [-0.05, 0) is 44.5 Å². The zero-order valence-electron chi connectivity index (χ0n) is 11.1. The molecule has 0 radical (unpaired) electrons. The van der Waals surface area contributed by atoms with E-state index >= 15 is 0 Å². The Bertz CT molecular complexity index is 634. The van der Waals surface area contributed by atoms with Gasteiger partial charge in [0.25, 0.3) is 0 Å². The Morgan fingerprint density at radius 3 is 2.63 bits per heavy atom. The lowest BCUT2D eigenvalue weighted by atomic mass is 10.2. The maximum Gasteiger partial charge on any atom is 0.238 e. The number of benzene rings is 1. The first-order chi connectivity index (χ1) is 9.02. The molecule has 0 aliphatic rings. The topological polar surface area (TPSA) is 62.8 Å². The summed E-state index contributed by atoms with van der Waals surface area (Å²) < 4.78 is 1.48. The third kappa shape index (κ3) is 2.76. The molecular formula is C13H15ClN4O. The van der Waals surface area contributed by atoms with Gasteiger partial charge in [-0.25, -0.2) is 4.68 Å².